The Bertz CT molecular complexity index is 1000. The second-order valence-corrected chi connectivity index (χ2v) is 7.41. The zero-order valence-corrected chi connectivity index (χ0v) is 16.8. The number of carbonyl (C=O) groups is 1. The Morgan fingerprint density at radius 1 is 1.30 bits per heavy atom. The Morgan fingerprint density at radius 2 is 2.11 bits per heavy atom. The number of carbonyl (C=O) groups excluding carboxylic acids is 1. The molecule has 142 valence electrons. The van der Waals surface area contributed by atoms with Gasteiger partial charge in [-0.15, -0.1) is 10.2 Å². The van der Waals surface area contributed by atoms with Gasteiger partial charge in [0, 0.05) is 51.1 Å². The fraction of sp³-hybridized carbons (Fsp3) is 0.444. The molecule has 0 bridgehead atoms. The van der Waals surface area contributed by atoms with Crippen LogP contribution in [0.4, 0.5) is 0 Å². The van der Waals surface area contributed by atoms with Crippen LogP contribution < -0.4 is 0 Å². The molecule has 3 aromatic heterocycles. The average molecular weight is 385 g/mol. The van der Waals surface area contributed by atoms with E-state index in [4.69, 9.17) is 5.10 Å². The maximum atomic E-state index is 13.0. The number of nitrogens with zero attached hydrogens (tertiary/aromatic N) is 7. The molecule has 0 N–H and O–H groups in total. The van der Waals surface area contributed by atoms with E-state index in [0.29, 0.717) is 18.8 Å². The number of hydrogen-bond acceptors (Lipinski definition) is 5. The molecule has 27 heavy (non-hydrogen) atoms. The molecule has 1 aliphatic rings. The lowest BCUT2D eigenvalue weighted by Gasteiger charge is -2.27. The highest BCUT2D eigenvalue weighted by molar-refractivity contribution is 7.98. The highest BCUT2D eigenvalue weighted by atomic mass is 32.2. The number of fused-ring (bicyclic) bond motifs is 1. The molecule has 0 saturated heterocycles. The molecule has 0 aliphatic carbocycles. The van der Waals surface area contributed by atoms with Crippen molar-refractivity contribution in [2.75, 3.05) is 12.8 Å². The van der Waals surface area contributed by atoms with Gasteiger partial charge in [0.2, 0.25) is 0 Å². The summed E-state index contributed by atoms with van der Waals surface area (Å²) in [5.74, 6) is 0.816. The van der Waals surface area contributed by atoms with Gasteiger partial charge in [-0.1, -0.05) is 11.8 Å². The summed E-state index contributed by atoms with van der Waals surface area (Å²) in [7, 11) is 3.85. The number of thioether (sulfide) groups is 1. The van der Waals surface area contributed by atoms with Crippen LogP contribution in [0.2, 0.25) is 0 Å². The molecule has 0 aromatic carbocycles. The first kappa shape index (κ1) is 17.8. The second-order valence-electron chi connectivity index (χ2n) is 6.63. The molecule has 0 atom stereocenters. The number of rotatable bonds is 4. The largest absolute Gasteiger partial charge is 0.347 e. The van der Waals surface area contributed by atoms with Crippen LogP contribution in [0.3, 0.4) is 0 Å². The average Bonchev–Trinajstić information content (AvgIpc) is 3.37. The van der Waals surface area contributed by atoms with Crippen LogP contribution in [-0.4, -0.2) is 52.7 Å². The van der Waals surface area contributed by atoms with E-state index in [9.17, 15) is 4.79 Å². The third-order valence-electron chi connectivity index (χ3n) is 5.12. The third-order valence-corrected chi connectivity index (χ3v) is 5.79. The predicted octanol–water partition coefficient (Wildman–Crippen LogP) is 1.96. The van der Waals surface area contributed by atoms with Crippen molar-refractivity contribution in [1.29, 1.82) is 0 Å². The van der Waals surface area contributed by atoms with Gasteiger partial charge in [-0.2, -0.15) is 5.10 Å². The number of hydrogen-bond donors (Lipinski definition) is 0. The van der Waals surface area contributed by atoms with Gasteiger partial charge in [-0.3, -0.25) is 9.48 Å². The number of aromatic nitrogens is 6. The molecule has 0 saturated carbocycles. The number of amides is 1. The first-order chi connectivity index (χ1) is 13.0. The Morgan fingerprint density at radius 3 is 2.78 bits per heavy atom. The SMILES string of the molecule is CCn1c(SC)nnc1-c1nn(C)c2c1CN(C(=O)c1cccn1C)CC2. The van der Waals surface area contributed by atoms with Gasteiger partial charge >= 0.3 is 0 Å². The van der Waals surface area contributed by atoms with E-state index in [1.54, 1.807) is 11.8 Å². The van der Waals surface area contributed by atoms with Crippen molar-refractivity contribution in [3.63, 3.8) is 0 Å². The van der Waals surface area contributed by atoms with Crippen LogP contribution in [-0.2, 0) is 33.6 Å². The van der Waals surface area contributed by atoms with Crippen molar-refractivity contribution in [3.05, 3.63) is 35.3 Å². The lowest BCUT2D eigenvalue weighted by molar-refractivity contribution is 0.0724. The lowest BCUT2D eigenvalue weighted by Crippen LogP contribution is -2.37. The van der Waals surface area contributed by atoms with Crippen molar-refractivity contribution >= 4 is 17.7 Å². The summed E-state index contributed by atoms with van der Waals surface area (Å²) in [5, 5.41) is 14.3. The first-order valence-electron chi connectivity index (χ1n) is 8.98. The van der Waals surface area contributed by atoms with E-state index in [1.165, 1.54) is 0 Å². The quantitative estimate of drug-likeness (QED) is 0.642. The minimum absolute atomic E-state index is 0.0460. The van der Waals surface area contributed by atoms with Crippen LogP contribution in [0, 0.1) is 0 Å². The normalized spacial score (nSPS) is 13.9. The fourth-order valence-electron chi connectivity index (χ4n) is 3.69. The van der Waals surface area contributed by atoms with Gasteiger partial charge in [0.1, 0.15) is 11.4 Å². The van der Waals surface area contributed by atoms with Crippen LogP contribution in [0.25, 0.3) is 11.5 Å². The van der Waals surface area contributed by atoms with E-state index < -0.39 is 0 Å². The maximum Gasteiger partial charge on any atom is 0.270 e. The summed E-state index contributed by atoms with van der Waals surface area (Å²) >= 11 is 1.57. The van der Waals surface area contributed by atoms with Gasteiger partial charge in [0.05, 0.1) is 6.54 Å². The molecule has 0 spiro atoms. The Balaban J connectivity index is 1.73. The zero-order chi connectivity index (χ0) is 19.1. The van der Waals surface area contributed by atoms with Crippen LogP contribution in [0.1, 0.15) is 28.7 Å². The van der Waals surface area contributed by atoms with E-state index >= 15 is 0 Å². The molecule has 9 heteroatoms. The molecule has 1 aliphatic heterocycles. The Labute approximate surface area is 162 Å². The molecule has 8 nitrogen and oxygen atoms in total. The van der Waals surface area contributed by atoms with Crippen molar-refractivity contribution < 1.29 is 4.79 Å². The van der Waals surface area contributed by atoms with Crippen molar-refractivity contribution in [1.82, 2.24) is 34.0 Å². The summed E-state index contributed by atoms with van der Waals surface area (Å²) in [4.78, 5) is 14.9. The van der Waals surface area contributed by atoms with Crippen LogP contribution >= 0.6 is 11.8 Å². The third kappa shape index (κ3) is 2.86. The standard InChI is InChI=1S/C18H23N7OS/c1-5-25-16(19-20-18(25)27-4)15-12-11-24(10-8-13(12)23(3)21-15)17(26)14-7-6-9-22(14)2/h6-7,9H,5,8,10-11H2,1-4H3. The highest BCUT2D eigenvalue weighted by Crippen LogP contribution is 2.31. The topological polar surface area (TPSA) is 73.8 Å². The fourth-order valence-corrected chi connectivity index (χ4v) is 4.25. The molecule has 1 amide bonds. The molecule has 4 rings (SSSR count). The summed E-state index contributed by atoms with van der Waals surface area (Å²) < 4.78 is 5.86. The molecule has 3 aromatic rings. The summed E-state index contributed by atoms with van der Waals surface area (Å²) in [6.07, 6.45) is 4.67. The zero-order valence-electron chi connectivity index (χ0n) is 16.0. The van der Waals surface area contributed by atoms with Crippen LogP contribution in [0.15, 0.2) is 23.5 Å². The summed E-state index contributed by atoms with van der Waals surface area (Å²) in [6, 6.07) is 3.76. The molecule has 0 unspecified atom stereocenters. The van der Waals surface area contributed by atoms with Gasteiger partial charge in [0.25, 0.3) is 5.91 Å². The van der Waals surface area contributed by atoms with Gasteiger partial charge in [0.15, 0.2) is 11.0 Å². The molecule has 0 radical (unpaired) electrons. The maximum absolute atomic E-state index is 13.0. The van der Waals surface area contributed by atoms with Crippen molar-refractivity contribution in [2.24, 2.45) is 14.1 Å². The van der Waals surface area contributed by atoms with Crippen molar-refractivity contribution in [2.45, 2.75) is 31.6 Å². The van der Waals surface area contributed by atoms with E-state index in [1.807, 2.05) is 52.8 Å². The smallest absolute Gasteiger partial charge is 0.270 e. The van der Waals surface area contributed by atoms with Crippen LogP contribution in [0.5, 0.6) is 0 Å². The molecular weight excluding hydrogens is 362 g/mol. The molecular formula is C18H23N7OS. The summed E-state index contributed by atoms with van der Waals surface area (Å²) in [6.45, 7) is 4.07. The van der Waals surface area contributed by atoms with Crippen molar-refractivity contribution in [3.8, 4) is 11.5 Å². The Kier molecular flexibility index (Phi) is 4.55. The Hall–Kier alpha value is -2.55. The predicted molar refractivity (Wildman–Crippen MR) is 104 cm³/mol. The minimum Gasteiger partial charge on any atom is -0.347 e. The second kappa shape index (κ2) is 6.88. The molecule has 0 fully saturated rings. The van der Waals surface area contributed by atoms with Gasteiger partial charge < -0.3 is 14.0 Å². The number of aryl methyl sites for hydroxylation is 2. The van der Waals surface area contributed by atoms with Gasteiger partial charge in [-0.05, 0) is 25.3 Å². The minimum atomic E-state index is 0.0460. The molecule has 4 heterocycles. The van der Waals surface area contributed by atoms with E-state index in [2.05, 4.69) is 21.7 Å². The van der Waals surface area contributed by atoms with E-state index in [-0.39, 0.29) is 5.91 Å². The lowest BCUT2D eigenvalue weighted by atomic mass is 10.0. The van der Waals surface area contributed by atoms with E-state index in [0.717, 1.165) is 40.9 Å². The first-order valence-corrected chi connectivity index (χ1v) is 10.2. The summed E-state index contributed by atoms with van der Waals surface area (Å²) in [5.41, 5.74) is 3.76. The van der Waals surface area contributed by atoms with Gasteiger partial charge in [-0.25, -0.2) is 0 Å². The monoisotopic (exact) mass is 385 g/mol. The highest BCUT2D eigenvalue weighted by Gasteiger charge is 2.30.